The maximum absolute atomic E-state index is 13.5. The molecule has 0 spiro atoms. The lowest BCUT2D eigenvalue weighted by molar-refractivity contribution is 0.387. The summed E-state index contributed by atoms with van der Waals surface area (Å²) in [5, 5.41) is 3.30. The van der Waals surface area contributed by atoms with Gasteiger partial charge in [-0.1, -0.05) is 0 Å². The van der Waals surface area contributed by atoms with E-state index in [9.17, 15) is 4.39 Å². The first-order chi connectivity index (χ1) is 10.2. The number of hydrogen-bond acceptors (Lipinski definition) is 4. The fourth-order valence-electron chi connectivity index (χ4n) is 2.67. The number of nitrogens with zero attached hydrogens (tertiary/aromatic N) is 2. The van der Waals surface area contributed by atoms with Gasteiger partial charge < -0.3 is 10.1 Å². The van der Waals surface area contributed by atoms with Crippen molar-refractivity contribution < 1.29 is 9.13 Å². The molecule has 1 heterocycles. The molecule has 0 fully saturated rings. The number of benzene rings is 1. The Morgan fingerprint density at radius 3 is 2.90 bits per heavy atom. The molecule has 1 aromatic heterocycles. The van der Waals surface area contributed by atoms with Crippen LogP contribution in [-0.4, -0.2) is 23.6 Å². The topological polar surface area (TPSA) is 47.0 Å². The summed E-state index contributed by atoms with van der Waals surface area (Å²) in [6.45, 7) is 2.86. The van der Waals surface area contributed by atoms with Crippen LogP contribution in [0.2, 0.25) is 0 Å². The lowest BCUT2D eigenvalue weighted by Gasteiger charge is -2.11. The summed E-state index contributed by atoms with van der Waals surface area (Å²) in [5.74, 6) is 1.35. The zero-order chi connectivity index (χ0) is 14.8. The Balaban J connectivity index is 2.08. The van der Waals surface area contributed by atoms with Gasteiger partial charge in [-0.25, -0.2) is 14.4 Å². The molecule has 21 heavy (non-hydrogen) atoms. The zero-order valence-corrected chi connectivity index (χ0v) is 12.2. The van der Waals surface area contributed by atoms with Crippen molar-refractivity contribution in [3.63, 3.8) is 0 Å². The average Bonchev–Trinajstić information content (AvgIpc) is 2.96. The summed E-state index contributed by atoms with van der Waals surface area (Å²) in [7, 11) is 1.45. The van der Waals surface area contributed by atoms with E-state index < -0.39 is 0 Å². The van der Waals surface area contributed by atoms with E-state index in [0.717, 1.165) is 42.9 Å². The summed E-state index contributed by atoms with van der Waals surface area (Å²) < 4.78 is 18.6. The van der Waals surface area contributed by atoms with Crippen LogP contribution in [0.3, 0.4) is 0 Å². The van der Waals surface area contributed by atoms with E-state index >= 15 is 0 Å². The van der Waals surface area contributed by atoms with E-state index in [-0.39, 0.29) is 11.6 Å². The number of halogens is 1. The first kappa shape index (κ1) is 13.8. The van der Waals surface area contributed by atoms with Crippen molar-refractivity contribution >= 4 is 5.82 Å². The number of aromatic nitrogens is 2. The van der Waals surface area contributed by atoms with Crippen LogP contribution in [0.25, 0.3) is 11.4 Å². The molecule has 1 aliphatic carbocycles. The Labute approximate surface area is 123 Å². The van der Waals surface area contributed by atoms with E-state index in [0.29, 0.717) is 5.82 Å². The highest BCUT2D eigenvalue weighted by Crippen LogP contribution is 2.30. The lowest BCUT2D eigenvalue weighted by Crippen LogP contribution is -2.06. The third-order valence-electron chi connectivity index (χ3n) is 3.69. The van der Waals surface area contributed by atoms with Crippen LogP contribution in [0.15, 0.2) is 18.2 Å². The highest BCUT2D eigenvalue weighted by Gasteiger charge is 2.20. The van der Waals surface area contributed by atoms with Gasteiger partial charge in [0, 0.05) is 23.4 Å². The normalized spacial score (nSPS) is 13.1. The van der Waals surface area contributed by atoms with Crippen molar-refractivity contribution in [2.24, 2.45) is 0 Å². The molecule has 1 aliphatic rings. The van der Waals surface area contributed by atoms with Crippen molar-refractivity contribution in [3.8, 4) is 17.1 Å². The second-order valence-corrected chi connectivity index (χ2v) is 5.05. The summed E-state index contributed by atoms with van der Waals surface area (Å²) in [5.41, 5.74) is 3.08. The van der Waals surface area contributed by atoms with E-state index in [1.165, 1.54) is 18.7 Å². The number of nitrogens with one attached hydrogen (secondary N) is 1. The van der Waals surface area contributed by atoms with E-state index in [1.807, 2.05) is 6.92 Å². The van der Waals surface area contributed by atoms with Crippen LogP contribution >= 0.6 is 0 Å². The Hall–Kier alpha value is -2.17. The molecular formula is C16H18FN3O. The van der Waals surface area contributed by atoms with Gasteiger partial charge in [0.2, 0.25) is 0 Å². The molecular weight excluding hydrogens is 269 g/mol. The second kappa shape index (κ2) is 5.68. The molecule has 0 saturated heterocycles. The predicted molar refractivity (Wildman–Crippen MR) is 80.2 cm³/mol. The quantitative estimate of drug-likeness (QED) is 0.938. The SMILES string of the molecule is CCNc1nc(-c2ccc(F)c(OC)c2)nc2c1CCC2. The summed E-state index contributed by atoms with van der Waals surface area (Å²) >= 11 is 0. The molecule has 0 bridgehead atoms. The number of fused-ring (bicyclic) bond motifs is 1. The Morgan fingerprint density at radius 1 is 1.29 bits per heavy atom. The molecule has 5 heteroatoms. The minimum absolute atomic E-state index is 0.210. The molecule has 4 nitrogen and oxygen atoms in total. The summed E-state index contributed by atoms with van der Waals surface area (Å²) in [6.07, 6.45) is 3.10. The molecule has 1 N–H and O–H groups in total. The first-order valence-corrected chi connectivity index (χ1v) is 7.20. The van der Waals surface area contributed by atoms with Gasteiger partial charge in [-0.3, -0.25) is 0 Å². The number of anilines is 1. The lowest BCUT2D eigenvalue weighted by atomic mass is 10.1. The number of ether oxygens (including phenoxy) is 1. The van der Waals surface area contributed by atoms with Crippen LogP contribution in [0.4, 0.5) is 10.2 Å². The first-order valence-electron chi connectivity index (χ1n) is 7.20. The maximum atomic E-state index is 13.5. The van der Waals surface area contributed by atoms with Gasteiger partial charge in [-0.15, -0.1) is 0 Å². The molecule has 0 unspecified atom stereocenters. The highest BCUT2D eigenvalue weighted by atomic mass is 19.1. The standard InChI is InChI=1S/C16H18FN3O/c1-3-18-16-11-5-4-6-13(11)19-15(20-16)10-7-8-12(17)14(9-10)21-2/h7-9H,3-6H2,1-2H3,(H,18,19,20). The minimum atomic E-state index is -0.380. The fourth-order valence-corrected chi connectivity index (χ4v) is 2.67. The summed E-state index contributed by atoms with van der Waals surface area (Å²) in [6, 6.07) is 4.71. The van der Waals surface area contributed by atoms with Crippen molar-refractivity contribution in [1.82, 2.24) is 9.97 Å². The maximum Gasteiger partial charge on any atom is 0.165 e. The van der Waals surface area contributed by atoms with E-state index in [4.69, 9.17) is 4.74 Å². The fraction of sp³-hybridized carbons (Fsp3) is 0.375. The molecule has 0 aliphatic heterocycles. The van der Waals surface area contributed by atoms with Gasteiger partial charge in [0.05, 0.1) is 7.11 Å². The summed E-state index contributed by atoms with van der Waals surface area (Å²) in [4.78, 5) is 9.25. The number of aryl methyl sites for hydroxylation is 1. The van der Waals surface area contributed by atoms with Crippen LogP contribution in [0.5, 0.6) is 5.75 Å². The largest absolute Gasteiger partial charge is 0.494 e. The smallest absolute Gasteiger partial charge is 0.165 e. The van der Waals surface area contributed by atoms with E-state index in [2.05, 4.69) is 15.3 Å². The van der Waals surface area contributed by atoms with Crippen molar-refractivity contribution in [2.45, 2.75) is 26.2 Å². The molecule has 0 radical (unpaired) electrons. The van der Waals surface area contributed by atoms with Gasteiger partial charge in [-0.2, -0.15) is 0 Å². The number of hydrogen-bond donors (Lipinski definition) is 1. The van der Waals surface area contributed by atoms with E-state index in [1.54, 1.807) is 12.1 Å². The van der Waals surface area contributed by atoms with Crippen LogP contribution in [-0.2, 0) is 12.8 Å². The molecule has 0 saturated carbocycles. The third-order valence-corrected chi connectivity index (χ3v) is 3.69. The third kappa shape index (κ3) is 2.55. The van der Waals surface area contributed by atoms with Crippen molar-refractivity contribution in [3.05, 3.63) is 35.3 Å². The van der Waals surface area contributed by atoms with Crippen molar-refractivity contribution in [2.75, 3.05) is 19.0 Å². The molecule has 1 aromatic carbocycles. The average molecular weight is 287 g/mol. The molecule has 0 atom stereocenters. The van der Waals surface area contributed by atoms with Crippen LogP contribution in [0, 0.1) is 5.82 Å². The number of methoxy groups -OCH3 is 1. The van der Waals surface area contributed by atoms with Gasteiger partial charge in [0.15, 0.2) is 17.4 Å². The van der Waals surface area contributed by atoms with Crippen LogP contribution < -0.4 is 10.1 Å². The highest BCUT2D eigenvalue weighted by molar-refractivity contribution is 5.62. The Bertz CT molecular complexity index is 673. The number of rotatable bonds is 4. The molecule has 3 rings (SSSR count). The zero-order valence-electron chi connectivity index (χ0n) is 12.2. The molecule has 0 amide bonds. The minimum Gasteiger partial charge on any atom is -0.494 e. The van der Waals surface area contributed by atoms with Gasteiger partial charge in [0.25, 0.3) is 0 Å². The van der Waals surface area contributed by atoms with Crippen molar-refractivity contribution in [1.29, 1.82) is 0 Å². The molecule has 110 valence electrons. The van der Waals surface area contributed by atoms with Crippen LogP contribution in [0.1, 0.15) is 24.6 Å². The van der Waals surface area contributed by atoms with Gasteiger partial charge >= 0.3 is 0 Å². The second-order valence-electron chi connectivity index (χ2n) is 5.05. The molecule has 2 aromatic rings. The predicted octanol–water partition coefficient (Wildman–Crippen LogP) is 3.21. The Morgan fingerprint density at radius 2 is 2.14 bits per heavy atom. The van der Waals surface area contributed by atoms with Gasteiger partial charge in [0.1, 0.15) is 5.82 Å². The van der Waals surface area contributed by atoms with Gasteiger partial charge in [-0.05, 0) is 44.4 Å². The Kier molecular flexibility index (Phi) is 3.73. The monoisotopic (exact) mass is 287 g/mol.